The minimum atomic E-state index is -0.754. The SMILES string of the molecule is Cc1nn(C)c(C)c1/C(O)=C1\C(=O)C(=O)N(CCCN(C)C)[C@H]1c1ccco1. The third-order valence-electron chi connectivity index (χ3n) is 5.10. The van der Waals surface area contributed by atoms with Crippen LogP contribution in [0.25, 0.3) is 5.76 Å². The Labute approximate surface area is 164 Å². The van der Waals surface area contributed by atoms with Gasteiger partial charge in [0.1, 0.15) is 17.6 Å². The molecule has 28 heavy (non-hydrogen) atoms. The molecule has 2 aromatic rings. The van der Waals surface area contributed by atoms with Crippen molar-refractivity contribution < 1.29 is 19.1 Å². The van der Waals surface area contributed by atoms with E-state index < -0.39 is 17.7 Å². The summed E-state index contributed by atoms with van der Waals surface area (Å²) in [5.41, 5.74) is 1.83. The topological polar surface area (TPSA) is 91.8 Å². The van der Waals surface area contributed by atoms with Gasteiger partial charge in [-0.15, -0.1) is 0 Å². The molecular weight excluding hydrogens is 360 g/mol. The summed E-state index contributed by atoms with van der Waals surface area (Å²) < 4.78 is 7.17. The van der Waals surface area contributed by atoms with E-state index >= 15 is 0 Å². The molecule has 1 atom stereocenters. The van der Waals surface area contributed by atoms with Crippen LogP contribution in [0.3, 0.4) is 0 Å². The molecule has 1 aliphatic heterocycles. The third-order valence-corrected chi connectivity index (χ3v) is 5.10. The zero-order valence-electron chi connectivity index (χ0n) is 16.9. The predicted molar refractivity (Wildman–Crippen MR) is 104 cm³/mol. The zero-order chi connectivity index (χ0) is 20.6. The lowest BCUT2D eigenvalue weighted by molar-refractivity contribution is -0.140. The summed E-state index contributed by atoms with van der Waals surface area (Å²) in [6.07, 6.45) is 2.19. The Morgan fingerprint density at radius 3 is 2.57 bits per heavy atom. The van der Waals surface area contributed by atoms with Gasteiger partial charge >= 0.3 is 0 Å². The Morgan fingerprint density at radius 1 is 1.32 bits per heavy atom. The second-order valence-electron chi connectivity index (χ2n) is 7.33. The monoisotopic (exact) mass is 386 g/mol. The van der Waals surface area contributed by atoms with Crippen molar-refractivity contribution in [1.29, 1.82) is 0 Å². The van der Waals surface area contributed by atoms with E-state index in [-0.39, 0.29) is 11.3 Å². The van der Waals surface area contributed by atoms with Crippen molar-refractivity contribution in [2.45, 2.75) is 26.3 Å². The molecule has 0 aromatic carbocycles. The van der Waals surface area contributed by atoms with Gasteiger partial charge in [-0.3, -0.25) is 14.3 Å². The molecule has 0 spiro atoms. The van der Waals surface area contributed by atoms with Crippen LogP contribution in [0.4, 0.5) is 0 Å². The highest BCUT2D eigenvalue weighted by Crippen LogP contribution is 2.40. The molecule has 8 nitrogen and oxygen atoms in total. The molecule has 0 aliphatic carbocycles. The van der Waals surface area contributed by atoms with Crippen molar-refractivity contribution in [2.75, 3.05) is 27.2 Å². The van der Waals surface area contributed by atoms with Crippen molar-refractivity contribution in [1.82, 2.24) is 19.6 Å². The molecule has 1 aliphatic rings. The van der Waals surface area contributed by atoms with E-state index in [2.05, 4.69) is 5.10 Å². The quantitative estimate of drug-likeness (QED) is 0.464. The fourth-order valence-electron chi connectivity index (χ4n) is 3.66. The lowest BCUT2D eigenvalue weighted by Gasteiger charge is -2.24. The number of aryl methyl sites for hydroxylation is 2. The number of hydrogen-bond donors (Lipinski definition) is 1. The molecule has 2 aromatic heterocycles. The summed E-state index contributed by atoms with van der Waals surface area (Å²) in [6, 6.07) is 2.66. The van der Waals surface area contributed by atoms with E-state index in [0.717, 1.165) is 6.54 Å². The molecule has 0 unspecified atom stereocenters. The summed E-state index contributed by atoms with van der Waals surface area (Å²) >= 11 is 0. The lowest BCUT2D eigenvalue weighted by atomic mass is 9.98. The number of hydrogen-bond acceptors (Lipinski definition) is 6. The number of Topliss-reactive ketones (excluding diaryl/α,β-unsaturated/α-hetero) is 1. The van der Waals surface area contributed by atoms with Gasteiger partial charge in [0.15, 0.2) is 0 Å². The van der Waals surface area contributed by atoms with E-state index in [1.807, 2.05) is 25.9 Å². The number of aliphatic hydroxyl groups is 1. The smallest absolute Gasteiger partial charge is 0.295 e. The van der Waals surface area contributed by atoms with Crippen molar-refractivity contribution in [3.8, 4) is 0 Å². The Bertz CT molecular complexity index is 924. The third kappa shape index (κ3) is 3.35. The first kappa shape index (κ1) is 19.9. The van der Waals surface area contributed by atoms with Crippen LogP contribution in [0.2, 0.25) is 0 Å². The van der Waals surface area contributed by atoms with E-state index in [9.17, 15) is 14.7 Å². The summed E-state index contributed by atoms with van der Waals surface area (Å²) in [5.74, 6) is -1.09. The summed E-state index contributed by atoms with van der Waals surface area (Å²) in [6.45, 7) is 4.73. The number of aliphatic hydroxyl groups excluding tert-OH is 1. The van der Waals surface area contributed by atoms with E-state index in [1.165, 1.54) is 11.2 Å². The van der Waals surface area contributed by atoms with Gasteiger partial charge in [-0.05, 0) is 53.0 Å². The van der Waals surface area contributed by atoms with Gasteiger partial charge < -0.3 is 19.3 Å². The van der Waals surface area contributed by atoms with Crippen molar-refractivity contribution in [3.05, 3.63) is 46.7 Å². The van der Waals surface area contributed by atoms with Crippen LogP contribution in [0.5, 0.6) is 0 Å². The molecule has 1 amide bonds. The first-order valence-electron chi connectivity index (χ1n) is 9.21. The molecule has 3 rings (SSSR count). The number of aromatic nitrogens is 2. The van der Waals surface area contributed by atoms with E-state index in [0.29, 0.717) is 35.7 Å². The number of rotatable bonds is 6. The maximum atomic E-state index is 12.9. The molecule has 0 bridgehead atoms. The largest absolute Gasteiger partial charge is 0.507 e. The Kier molecular flexibility index (Phi) is 5.42. The van der Waals surface area contributed by atoms with Crippen LogP contribution >= 0.6 is 0 Å². The fraction of sp³-hybridized carbons (Fsp3) is 0.450. The van der Waals surface area contributed by atoms with Crippen molar-refractivity contribution in [2.24, 2.45) is 7.05 Å². The van der Waals surface area contributed by atoms with Crippen LogP contribution in [0, 0.1) is 13.8 Å². The average Bonchev–Trinajstić information content (AvgIpc) is 3.29. The van der Waals surface area contributed by atoms with Gasteiger partial charge in [0.2, 0.25) is 0 Å². The van der Waals surface area contributed by atoms with E-state index in [1.54, 1.807) is 30.8 Å². The van der Waals surface area contributed by atoms with Crippen molar-refractivity contribution >= 4 is 17.4 Å². The Morgan fingerprint density at radius 2 is 2.04 bits per heavy atom. The highest BCUT2D eigenvalue weighted by Gasteiger charge is 2.47. The Hall–Kier alpha value is -2.87. The number of ketones is 1. The maximum absolute atomic E-state index is 12.9. The van der Waals surface area contributed by atoms with Crippen LogP contribution in [-0.4, -0.2) is 63.6 Å². The summed E-state index contributed by atoms with van der Waals surface area (Å²) in [5, 5.41) is 15.4. The van der Waals surface area contributed by atoms with Crippen LogP contribution in [0.15, 0.2) is 28.4 Å². The van der Waals surface area contributed by atoms with Gasteiger partial charge in [-0.1, -0.05) is 0 Å². The number of furan rings is 1. The minimum absolute atomic E-state index is 0.0454. The number of likely N-dealkylation sites (tertiary alicyclic amines) is 1. The predicted octanol–water partition coefficient (Wildman–Crippen LogP) is 2.00. The number of nitrogens with zero attached hydrogens (tertiary/aromatic N) is 4. The maximum Gasteiger partial charge on any atom is 0.295 e. The standard InChI is InChI=1S/C20H26N4O4/c1-12-15(13(2)23(5)21-12)18(25)16-17(14-8-6-11-28-14)24(20(27)19(16)26)10-7-9-22(3)4/h6,8,11,17,25H,7,9-10H2,1-5H3/b18-16+/t17-/m0/s1. The molecule has 0 radical (unpaired) electrons. The zero-order valence-corrected chi connectivity index (χ0v) is 16.9. The van der Waals surface area contributed by atoms with Crippen molar-refractivity contribution in [3.63, 3.8) is 0 Å². The molecule has 150 valence electrons. The molecule has 1 saturated heterocycles. The minimum Gasteiger partial charge on any atom is -0.507 e. The molecule has 0 saturated carbocycles. The number of carbonyl (C=O) groups excluding carboxylic acids is 2. The highest BCUT2D eigenvalue weighted by molar-refractivity contribution is 6.46. The van der Waals surface area contributed by atoms with Crippen LogP contribution in [0.1, 0.15) is 35.2 Å². The first-order valence-corrected chi connectivity index (χ1v) is 9.21. The lowest BCUT2D eigenvalue weighted by Crippen LogP contribution is -2.32. The van der Waals surface area contributed by atoms with Crippen LogP contribution < -0.4 is 0 Å². The molecule has 8 heteroatoms. The second kappa shape index (κ2) is 7.63. The fourth-order valence-corrected chi connectivity index (χ4v) is 3.66. The van der Waals surface area contributed by atoms with Gasteiger partial charge in [-0.25, -0.2) is 0 Å². The number of carbonyl (C=O) groups is 2. The Balaban J connectivity index is 2.10. The second-order valence-corrected chi connectivity index (χ2v) is 7.33. The van der Waals surface area contributed by atoms with E-state index in [4.69, 9.17) is 4.42 Å². The average molecular weight is 386 g/mol. The first-order chi connectivity index (χ1) is 13.2. The molecule has 3 heterocycles. The molecule has 1 fully saturated rings. The number of amides is 1. The van der Waals surface area contributed by atoms with Gasteiger partial charge in [-0.2, -0.15) is 5.10 Å². The van der Waals surface area contributed by atoms with Crippen LogP contribution in [-0.2, 0) is 16.6 Å². The van der Waals surface area contributed by atoms with Gasteiger partial charge in [0, 0.05) is 19.3 Å². The van der Waals surface area contributed by atoms with Gasteiger partial charge in [0.05, 0.1) is 23.1 Å². The summed E-state index contributed by atoms with van der Waals surface area (Å²) in [7, 11) is 5.67. The molecule has 1 N–H and O–H groups in total. The highest BCUT2D eigenvalue weighted by atomic mass is 16.3. The van der Waals surface area contributed by atoms with Gasteiger partial charge in [0.25, 0.3) is 11.7 Å². The normalized spacial score (nSPS) is 19.2. The molecular formula is C20H26N4O4. The summed E-state index contributed by atoms with van der Waals surface area (Å²) in [4.78, 5) is 29.1.